The van der Waals surface area contributed by atoms with Gasteiger partial charge in [-0.2, -0.15) is 8.42 Å². The van der Waals surface area contributed by atoms with Gasteiger partial charge in [-0.3, -0.25) is 4.18 Å². The Hall–Kier alpha value is -0.0900. The molecular weight excluding hydrogens is 224 g/mol. The summed E-state index contributed by atoms with van der Waals surface area (Å²) in [6, 6.07) is 0. The van der Waals surface area contributed by atoms with Crippen LogP contribution in [0.15, 0.2) is 0 Å². The van der Waals surface area contributed by atoms with Crippen LogP contribution in [0.25, 0.3) is 0 Å². The summed E-state index contributed by atoms with van der Waals surface area (Å²) in [7, 11) is -3.24. The van der Waals surface area contributed by atoms with Gasteiger partial charge in [0, 0.05) is 0 Å². The van der Waals surface area contributed by atoms with E-state index < -0.39 is 10.1 Å². The molecule has 0 aliphatic carbocycles. The number of unbranched alkanes of at least 4 members (excludes halogenated alkanes) is 6. The number of hydrogen-bond donors (Lipinski definition) is 0. The summed E-state index contributed by atoms with van der Waals surface area (Å²) in [5.74, 6) is 0.166. The standard InChI is InChI=1S/C12H26O3S/c1-3-5-7-8-9-10-11-15-16(13,14)12-6-4-2/h3-12H2,1-2H3. The van der Waals surface area contributed by atoms with Gasteiger partial charge in [0.05, 0.1) is 12.4 Å². The topological polar surface area (TPSA) is 43.4 Å². The van der Waals surface area contributed by atoms with Gasteiger partial charge in [0.15, 0.2) is 0 Å². The third kappa shape index (κ3) is 10.4. The van der Waals surface area contributed by atoms with E-state index in [0.717, 1.165) is 19.3 Å². The van der Waals surface area contributed by atoms with E-state index in [9.17, 15) is 8.42 Å². The van der Waals surface area contributed by atoms with Crippen LogP contribution in [0.2, 0.25) is 0 Å². The van der Waals surface area contributed by atoms with Gasteiger partial charge in [-0.05, 0) is 12.8 Å². The fourth-order valence-electron chi connectivity index (χ4n) is 1.45. The highest BCUT2D eigenvalue weighted by molar-refractivity contribution is 7.86. The lowest BCUT2D eigenvalue weighted by molar-refractivity contribution is 0.306. The van der Waals surface area contributed by atoms with Crippen molar-refractivity contribution in [1.29, 1.82) is 0 Å². The minimum absolute atomic E-state index is 0.166. The van der Waals surface area contributed by atoms with Gasteiger partial charge in [0.2, 0.25) is 0 Å². The fourth-order valence-corrected chi connectivity index (χ4v) is 2.58. The van der Waals surface area contributed by atoms with Gasteiger partial charge in [-0.15, -0.1) is 0 Å². The third-order valence-corrected chi connectivity index (χ3v) is 3.82. The average Bonchev–Trinajstić information content (AvgIpc) is 2.25. The molecule has 0 aliphatic rings. The van der Waals surface area contributed by atoms with Crippen molar-refractivity contribution in [2.24, 2.45) is 0 Å². The van der Waals surface area contributed by atoms with Crippen molar-refractivity contribution in [3.05, 3.63) is 0 Å². The summed E-state index contributed by atoms with van der Waals surface area (Å²) < 4.78 is 27.5. The molecule has 0 spiro atoms. The zero-order chi connectivity index (χ0) is 12.3. The van der Waals surface area contributed by atoms with Crippen LogP contribution < -0.4 is 0 Å². The molecule has 0 N–H and O–H groups in total. The number of hydrogen-bond acceptors (Lipinski definition) is 3. The minimum Gasteiger partial charge on any atom is -0.270 e. The Kier molecular flexibility index (Phi) is 10.0. The average molecular weight is 250 g/mol. The Bertz CT molecular complexity index is 235. The molecule has 0 aromatic rings. The molecule has 16 heavy (non-hydrogen) atoms. The largest absolute Gasteiger partial charge is 0.270 e. The van der Waals surface area contributed by atoms with Crippen molar-refractivity contribution >= 4 is 10.1 Å². The molecule has 0 amide bonds. The highest BCUT2D eigenvalue weighted by Crippen LogP contribution is 2.06. The summed E-state index contributed by atoms with van der Waals surface area (Å²) in [6.07, 6.45) is 8.46. The van der Waals surface area contributed by atoms with Crippen LogP contribution in [0.3, 0.4) is 0 Å². The molecule has 0 aromatic heterocycles. The highest BCUT2D eigenvalue weighted by atomic mass is 32.2. The van der Waals surface area contributed by atoms with E-state index in [-0.39, 0.29) is 5.75 Å². The second kappa shape index (κ2) is 10.1. The normalized spacial score (nSPS) is 11.9. The van der Waals surface area contributed by atoms with E-state index >= 15 is 0 Å². The molecule has 0 atom stereocenters. The van der Waals surface area contributed by atoms with Crippen LogP contribution >= 0.6 is 0 Å². The van der Waals surface area contributed by atoms with Crippen molar-refractivity contribution in [2.45, 2.75) is 65.2 Å². The molecule has 0 fully saturated rings. The number of rotatable bonds is 11. The van der Waals surface area contributed by atoms with E-state index in [1.165, 1.54) is 25.7 Å². The zero-order valence-corrected chi connectivity index (χ0v) is 11.5. The third-order valence-electron chi connectivity index (χ3n) is 2.51. The first-order valence-corrected chi connectivity index (χ1v) is 8.07. The van der Waals surface area contributed by atoms with Crippen molar-refractivity contribution in [3.8, 4) is 0 Å². The van der Waals surface area contributed by atoms with Crippen LogP contribution in [0.4, 0.5) is 0 Å². The predicted octanol–water partition coefficient (Wildman–Crippen LogP) is 3.49. The molecule has 0 rings (SSSR count). The van der Waals surface area contributed by atoms with Crippen LogP contribution in [0.1, 0.15) is 65.2 Å². The summed E-state index contributed by atoms with van der Waals surface area (Å²) in [5.41, 5.74) is 0. The lowest BCUT2D eigenvalue weighted by atomic mass is 10.1. The first kappa shape index (κ1) is 15.9. The second-order valence-electron chi connectivity index (χ2n) is 4.21. The SMILES string of the molecule is CCCCCCCCOS(=O)(=O)CCCC. The Labute approximate surface area is 101 Å². The second-order valence-corrected chi connectivity index (χ2v) is 5.96. The molecule has 0 unspecified atom stereocenters. The lowest BCUT2D eigenvalue weighted by Crippen LogP contribution is -2.11. The Morgan fingerprint density at radius 3 is 2.00 bits per heavy atom. The highest BCUT2D eigenvalue weighted by Gasteiger charge is 2.09. The van der Waals surface area contributed by atoms with Crippen molar-refractivity contribution in [3.63, 3.8) is 0 Å². The molecule has 0 saturated carbocycles. The smallest absolute Gasteiger partial charge is 0.267 e. The predicted molar refractivity (Wildman–Crippen MR) is 68.0 cm³/mol. The van der Waals surface area contributed by atoms with Crippen molar-refractivity contribution < 1.29 is 12.6 Å². The van der Waals surface area contributed by atoms with E-state index in [0.29, 0.717) is 13.0 Å². The summed E-state index contributed by atoms with van der Waals surface area (Å²) >= 11 is 0. The molecule has 4 heteroatoms. The molecule has 3 nitrogen and oxygen atoms in total. The summed E-state index contributed by atoms with van der Waals surface area (Å²) in [6.45, 7) is 4.52. The maximum absolute atomic E-state index is 11.3. The Morgan fingerprint density at radius 2 is 1.38 bits per heavy atom. The zero-order valence-electron chi connectivity index (χ0n) is 10.7. The quantitative estimate of drug-likeness (QED) is 0.416. The van der Waals surface area contributed by atoms with Crippen LogP contribution in [-0.2, 0) is 14.3 Å². The first-order valence-electron chi connectivity index (χ1n) is 6.49. The molecule has 0 radical (unpaired) electrons. The van der Waals surface area contributed by atoms with Gasteiger partial charge in [0.1, 0.15) is 0 Å². The van der Waals surface area contributed by atoms with Crippen molar-refractivity contribution in [2.75, 3.05) is 12.4 Å². The van der Waals surface area contributed by atoms with Crippen LogP contribution in [-0.4, -0.2) is 20.8 Å². The molecule has 98 valence electrons. The molecule has 0 heterocycles. The Balaban J connectivity index is 3.36. The van der Waals surface area contributed by atoms with Gasteiger partial charge in [-0.1, -0.05) is 52.4 Å². The molecule has 0 aromatic carbocycles. The lowest BCUT2D eigenvalue weighted by Gasteiger charge is -2.04. The van der Waals surface area contributed by atoms with E-state index in [2.05, 4.69) is 6.92 Å². The summed E-state index contributed by atoms with van der Waals surface area (Å²) in [5, 5.41) is 0. The first-order chi connectivity index (χ1) is 7.62. The maximum Gasteiger partial charge on any atom is 0.267 e. The van der Waals surface area contributed by atoms with Gasteiger partial charge >= 0.3 is 0 Å². The van der Waals surface area contributed by atoms with E-state index in [1.807, 2.05) is 6.92 Å². The van der Waals surface area contributed by atoms with Gasteiger partial charge < -0.3 is 0 Å². The molecule has 0 bridgehead atoms. The summed E-state index contributed by atoms with van der Waals surface area (Å²) in [4.78, 5) is 0. The van der Waals surface area contributed by atoms with Crippen LogP contribution in [0.5, 0.6) is 0 Å². The molecule has 0 saturated heterocycles. The van der Waals surface area contributed by atoms with Crippen LogP contribution in [0, 0.1) is 0 Å². The fraction of sp³-hybridized carbons (Fsp3) is 1.00. The van der Waals surface area contributed by atoms with E-state index in [4.69, 9.17) is 4.18 Å². The van der Waals surface area contributed by atoms with E-state index in [1.54, 1.807) is 0 Å². The minimum atomic E-state index is -3.24. The Morgan fingerprint density at radius 1 is 0.812 bits per heavy atom. The van der Waals surface area contributed by atoms with Gasteiger partial charge in [0.25, 0.3) is 10.1 Å². The maximum atomic E-state index is 11.3. The molecule has 0 aliphatic heterocycles. The van der Waals surface area contributed by atoms with Gasteiger partial charge in [-0.25, -0.2) is 0 Å². The molecular formula is C12H26O3S. The van der Waals surface area contributed by atoms with Crippen molar-refractivity contribution in [1.82, 2.24) is 0 Å². The monoisotopic (exact) mass is 250 g/mol.